The van der Waals surface area contributed by atoms with E-state index >= 15 is 0 Å². The van der Waals surface area contributed by atoms with Gasteiger partial charge in [-0.1, -0.05) is 0 Å². The molecule has 122 valence electrons. The van der Waals surface area contributed by atoms with Crippen LogP contribution in [0.15, 0.2) is 0 Å². The third-order valence-corrected chi connectivity index (χ3v) is 4.50. The maximum Gasteiger partial charge on any atom is 0.410 e. The summed E-state index contributed by atoms with van der Waals surface area (Å²) in [6.07, 6.45) is 2.81. The molecule has 0 aromatic carbocycles. The first kappa shape index (κ1) is 16.6. The highest BCUT2D eigenvalue weighted by Gasteiger charge is 2.35. The topological polar surface area (TPSA) is 53.0 Å². The lowest BCUT2D eigenvalue weighted by Gasteiger charge is -2.37. The highest BCUT2D eigenvalue weighted by molar-refractivity contribution is 5.68. The van der Waals surface area contributed by atoms with Crippen molar-refractivity contribution in [2.75, 3.05) is 26.2 Å². The van der Waals surface area contributed by atoms with Crippen molar-refractivity contribution in [3.05, 3.63) is 0 Å². The van der Waals surface area contributed by atoms with Crippen LogP contribution >= 0.6 is 0 Å². The molecule has 0 aromatic heterocycles. The summed E-state index contributed by atoms with van der Waals surface area (Å²) in [5.41, 5.74) is -0.433. The number of amides is 1. The largest absolute Gasteiger partial charge is 0.444 e. The van der Waals surface area contributed by atoms with E-state index in [-0.39, 0.29) is 12.2 Å². The van der Waals surface area contributed by atoms with E-state index in [1.54, 1.807) is 0 Å². The normalized spacial score (nSPS) is 29.5. The number of piperidine rings is 1. The highest BCUT2D eigenvalue weighted by atomic mass is 16.6. The lowest BCUT2D eigenvalue weighted by molar-refractivity contribution is 0.0240. The van der Waals surface area contributed by atoms with Crippen LogP contribution in [-0.4, -0.2) is 64.9 Å². The van der Waals surface area contributed by atoms with Gasteiger partial charge in [0, 0.05) is 25.7 Å². The quantitative estimate of drug-likeness (QED) is 0.848. The summed E-state index contributed by atoms with van der Waals surface area (Å²) < 4.78 is 5.45. The van der Waals surface area contributed by atoms with Gasteiger partial charge in [0.2, 0.25) is 0 Å². The SMILES string of the molecule is CC(O)C1CCCN(C2CCN(C(=O)OC(C)(C)C)C2)C1. The van der Waals surface area contributed by atoms with Crippen LogP contribution < -0.4 is 0 Å². The second-order valence-corrected chi connectivity index (χ2v) is 7.51. The van der Waals surface area contributed by atoms with Crippen molar-refractivity contribution < 1.29 is 14.6 Å². The molecule has 21 heavy (non-hydrogen) atoms. The molecule has 5 nitrogen and oxygen atoms in total. The molecule has 3 atom stereocenters. The lowest BCUT2D eigenvalue weighted by Crippen LogP contribution is -2.46. The number of nitrogens with zero attached hydrogens (tertiary/aromatic N) is 2. The van der Waals surface area contributed by atoms with Gasteiger partial charge in [-0.3, -0.25) is 4.90 Å². The molecule has 0 aromatic rings. The first-order chi connectivity index (χ1) is 9.76. The summed E-state index contributed by atoms with van der Waals surface area (Å²) in [6, 6.07) is 0.416. The van der Waals surface area contributed by atoms with Crippen LogP contribution in [-0.2, 0) is 4.74 Å². The second-order valence-electron chi connectivity index (χ2n) is 7.51. The molecule has 2 aliphatic rings. The van der Waals surface area contributed by atoms with Crippen LogP contribution in [0.4, 0.5) is 4.79 Å². The predicted octanol–water partition coefficient (Wildman–Crippen LogP) is 2.09. The van der Waals surface area contributed by atoms with Gasteiger partial charge in [0.1, 0.15) is 5.60 Å². The number of carbonyl (C=O) groups excluding carboxylic acids is 1. The fourth-order valence-corrected chi connectivity index (χ4v) is 3.30. The van der Waals surface area contributed by atoms with Gasteiger partial charge in [-0.2, -0.15) is 0 Å². The van der Waals surface area contributed by atoms with Gasteiger partial charge in [-0.15, -0.1) is 0 Å². The standard InChI is InChI=1S/C16H30N2O3/c1-12(19)13-6-5-8-17(10-13)14-7-9-18(11-14)15(20)21-16(2,3)4/h12-14,19H,5-11H2,1-4H3. The Kier molecular flexibility index (Phi) is 5.15. The Hall–Kier alpha value is -0.810. The fraction of sp³-hybridized carbons (Fsp3) is 0.938. The Labute approximate surface area is 128 Å². The number of hydrogen-bond donors (Lipinski definition) is 1. The van der Waals surface area contributed by atoms with Gasteiger partial charge in [0.05, 0.1) is 6.10 Å². The Bertz CT molecular complexity index is 365. The molecule has 0 saturated carbocycles. The zero-order chi connectivity index (χ0) is 15.6. The van der Waals surface area contributed by atoms with E-state index in [2.05, 4.69) is 4.90 Å². The molecule has 2 rings (SSSR count). The Morgan fingerprint density at radius 3 is 2.57 bits per heavy atom. The minimum absolute atomic E-state index is 0.200. The molecule has 0 spiro atoms. The predicted molar refractivity (Wildman–Crippen MR) is 82.2 cm³/mol. The van der Waals surface area contributed by atoms with E-state index in [0.29, 0.717) is 12.0 Å². The number of rotatable bonds is 2. The number of carbonyl (C=O) groups is 1. The Balaban J connectivity index is 1.86. The third kappa shape index (κ3) is 4.58. The van der Waals surface area contributed by atoms with Gasteiger partial charge in [0.25, 0.3) is 0 Å². The molecule has 2 aliphatic heterocycles. The smallest absolute Gasteiger partial charge is 0.410 e. The number of aliphatic hydroxyl groups is 1. The van der Waals surface area contributed by atoms with Crippen molar-refractivity contribution in [3.63, 3.8) is 0 Å². The summed E-state index contributed by atoms with van der Waals surface area (Å²) in [5.74, 6) is 0.370. The van der Waals surface area contributed by atoms with Gasteiger partial charge >= 0.3 is 6.09 Å². The van der Waals surface area contributed by atoms with Crippen LogP contribution in [0.2, 0.25) is 0 Å². The molecule has 0 aliphatic carbocycles. The molecule has 0 bridgehead atoms. The summed E-state index contributed by atoms with van der Waals surface area (Å²) in [6.45, 7) is 11.1. The molecular weight excluding hydrogens is 268 g/mol. The second kappa shape index (κ2) is 6.53. The molecule has 3 unspecified atom stereocenters. The van der Waals surface area contributed by atoms with E-state index in [1.165, 1.54) is 0 Å². The Morgan fingerprint density at radius 2 is 1.95 bits per heavy atom. The van der Waals surface area contributed by atoms with Gasteiger partial charge in [-0.25, -0.2) is 4.79 Å². The number of aliphatic hydroxyl groups excluding tert-OH is 1. The van der Waals surface area contributed by atoms with Crippen LogP contribution in [0, 0.1) is 5.92 Å². The van der Waals surface area contributed by atoms with E-state index in [9.17, 15) is 9.90 Å². The number of likely N-dealkylation sites (tertiary alicyclic amines) is 2. The summed E-state index contributed by atoms with van der Waals surface area (Å²) in [7, 11) is 0. The van der Waals surface area contributed by atoms with Crippen molar-refractivity contribution in [2.24, 2.45) is 5.92 Å². The highest BCUT2D eigenvalue weighted by Crippen LogP contribution is 2.25. The summed E-state index contributed by atoms with van der Waals surface area (Å²) >= 11 is 0. The molecule has 2 saturated heterocycles. The molecule has 5 heteroatoms. The number of hydrogen-bond acceptors (Lipinski definition) is 4. The monoisotopic (exact) mass is 298 g/mol. The van der Waals surface area contributed by atoms with E-state index in [4.69, 9.17) is 4.74 Å². The molecule has 0 radical (unpaired) electrons. The molecule has 2 fully saturated rings. The average molecular weight is 298 g/mol. The summed E-state index contributed by atoms with van der Waals surface area (Å²) in [5, 5.41) is 9.79. The minimum Gasteiger partial charge on any atom is -0.444 e. The minimum atomic E-state index is -0.433. The van der Waals surface area contributed by atoms with Crippen LogP contribution in [0.1, 0.15) is 47.0 Å². The van der Waals surface area contributed by atoms with Gasteiger partial charge < -0.3 is 14.7 Å². The van der Waals surface area contributed by atoms with Gasteiger partial charge in [0.15, 0.2) is 0 Å². The average Bonchev–Trinajstić information content (AvgIpc) is 2.86. The van der Waals surface area contributed by atoms with E-state index < -0.39 is 5.60 Å². The van der Waals surface area contributed by atoms with Crippen LogP contribution in [0.3, 0.4) is 0 Å². The van der Waals surface area contributed by atoms with Crippen molar-refractivity contribution in [3.8, 4) is 0 Å². The van der Waals surface area contributed by atoms with E-state index in [1.807, 2.05) is 32.6 Å². The van der Waals surface area contributed by atoms with Crippen molar-refractivity contribution in [1.82, 2.24) is 9.80 Å². The molecule has 1 amide bonds. The molecular formula is C16H30N2O3. The fourth-order valence-electron chi connectivity index (χ4n) is 3.30. The lowest BCUT2D eigenvalue weighted by atomic mass is 9.92. The van der Waals surface area contributed by atoms with Crippen molar-refractivity contribution in [1.29, 1.82) is 0 Å². The zero-order valence-electron chi connectivity index (χ0n) is 13.8. The first-order valence-corrected chi connectivity index (χ1v) is 8.16. The Morgan fingerprint density at radius 1 is 1.24 bits per heavy atom. The summed E-state index contributed by atoms with van der Waals surface area (Å²) in [4.78, 5) is 16.4. The maximum absolute atomic E-state index is 12.1. The molecule has 1 N–H and O–H groups in total. The molecule has 2 heterocycles. The maximum atomic E-state index is 12.1. The first-order valence-electron chi connectivity index (χ1n) is 8.16. The zero-order valence-corrected chi connectivity index (χ0v) is 13.8. The van der Waals surface area contributed by atoms with E-state index in [0.717, 1.165) is 45.4 Å². The van der Waals surface area contributed by atoms with Gasteiger partial charge in [-0.05, 0) is 59.4 Å². The van der Waals surface area contributed by atoms with Crippen LogP contribution in [0.5, 0.6) is 0 Å². The van der Waals surface area contributed by atoms with Crippen LogP contribution in [0.25, 0.3) is 0 Å². The van der Waals surface area contributed by atoms with Crippen molar-refractivity contribution >= 4 is 6.09 Å². The third-order valence-electron chi connectivity index (χ3n) is 4.50. The number of ether oxygens (including phenoxy) is 1. The van der Waals surface area contributed by atoms with Crippen molar-refractivity contribution in [2.45, 2.75) is 64.7 Å².